The summed E-state index contributed by atoms with van der Waals surface area (Å²) in [5.74, 6) is 0.453. The molecule has 0 radical (unpaired) electrons. The molecule has 1 aromatic heterocycles. The molecule has 0 spiro atoms. The molecule has 2 N–H and O–H groups in total. The van der Waals surface area contributed by atoms with Gasteiger partial charge in [-0.3, -0.25) is 4.79 Å². The van der Waals surface area contributed by atoms with Gasteiger partial charge in [-0.25, -0.2) is 13.4 Å². The van der Waals surface area contributed by atoms with Crippen molar-refractivity contribution in [2.45, 2.75) is 24.8 Å². The number of anilines is 1. The van der Waals surface area contributed by atoms with Gasteiger partial charge in [0.25, 0.3) is 0 Å². The highest BCUT2D eigenvalue weighted by Crippen LogP contribution is 2.32. The third kappa shape index (κ3) is 4.55. The molecule has 1 aromatic carbocycles. The summed E-state index contributed by atoms with van der Waals surface area (Å²) in [6.07, 6.45) is 1.54. The van der Waals surface area contributed by atoms with Crippen molar-refractivity contribution in [3.8, 4) is 11.5 Å². The van der Waals surface area contributed by atoms with Crippen molar-refractivity contribution < 1.29 is 22.7 Å². The number of nitrogens with one attached hydrogen (secondary N) is 2. The maximum atomic E-state index is 12.8. The van der Waals surface area contributed by atoms with E-state index in [9.17, 15) is 13.2 Å². The molecule has 2 aromatic rings. The molecule has 1 amide bonds. The molecule has 0 fully saturated rings. The smallest absolute Gasteiger partial charge is 0.243 e. The Morgan fingerprint density at radius 2 is 1.85 bits per heavy atom. The van der Waals surface area contributed by atoms with Gasteiger partial charge in [-0.05, 0) is 30.2 Å². The predicted octanol–water partition coefficient (Wildman–Crippen LogP) is 1.79. The Kier molecular flexibility index (Phi) is 5.62. The van der Waals surface area contributed by atoms with E-state index < -0.39 is 22.0 Å². The summed E-state index contributed by atoms with van der Waals surface area (Å²) in [4.78, 5) is 16.6. The summed E-state index contributed by atoms with van der Waals surface area (Å²) in [6, 6.07) is 8.47. The number of hydrogen-bond donors (Lipinski definition) is 2. The molecule has 0 bridgehead atoms. The van der Waals surface area contributed by atoms with Gasteiger partial charge >= 0.3 is 0 Å². The Bertz CT molecular complexity index is 916. The quantitative estimate of drug-likeness (QED) is 0.778. The maximum absolute atomic E-state index is 12.8. The summed E-state index contributed by atoms with van der Waals surface area (Å²) in [7, 11) is -3.94. The third-order valence-corrected chi connectivity index (χ3v) is 5.41. The minimum Gasteiger partial charge on any atom is -0.486 e. The number of pyridine rings is 1. The van der Waals surface area contributed by atoms with E-state index in [0.29, 0.717) is 30.5 Å². The molecule has 2 heterocycles. The van der Waals surface area contributed by atoms with E-state index in [1.165, 1.54) is 12.1 Å². The van der Waals surface area contributed by atoms with Crippen LogP contribution in [0, 0.1) is 5.92 Å². The van der Waals surface area contributed by atoms with Gasteiger partial charge in [-0.15, -0.1) is 0 Å². The van der Waals surface area contributed by atoms with Crippen molar-refractivity contribution in [3.63, 3.8) is 0 Å². The molecule has 1 aliphatic rings. The Balaban J connectivity index is 1.79. The zero-order chi connectivity index (χ0) is 19.4. The molecule has 0 saturated carbocycles. The van der Waals surface area contributed by atoms with E-state index in [0.717, 1.165) is 0 Å². The van der Waals surface area contributed by atoms with Crippen LogP contribution >= 0.6 is 0 Å². The number of carbonyl (C=O) groups is 1. The second-order valence-corrected chi connectivity index (χ2v) is 8.07. The second-order valence-electron chi connectivity index (χ2n) is 6.35. The normalized spacial score (nSPS) is 14.6. The number of carbonyl (C=O) groups excluding carboxylic acids is 1. The van der Waals surface area contributed by atoms with E-state index in [1.807, 2.05) is 0 Å². The second kappa shape index (κ2) is 7.93. The zero-order valence-corrected chi connectivity index (χ0v) is 15.8. The number of sulfonamides is 1. The van der Waals surface area contributed by atoms with Gasteiger partial charge in [0.15, 0.2) is 11.5 Å². The van der Waals surface area contributed by atoms with Crippen molar-refractivity contribution >= 4 is 21.7 Å². The number of benzene rings is 1. The van der Waals surface area contributed by atoms with Crippen LogP contribution in [-0.2, 0) is 14.8 Å². The molecule has 27 heavy (non-hydrogen) atoms. The zero-order valence-electron chi connectivity index (χ0n) is 15.0. The van der Waals surface area contributed by atoms with E-state index in [-0.39, 0.29) is 10.8 Å². The molecule has 9 heteroatoms. The lowest BCUT2D eigenvalue weighted by atomic mass is 10.1. The summed E-state index contributed by atoms with van der Waals surface area (Å²) in [6.45, 7) is 4.29. The fraction of sp³-hybridized carbons (Fsp3) is 0.333. The molecule has 0 saturated heterocycles. The monoisotopic (exact) mass is 391 g/mol. The number of rotatable bonds is 6. The van der Waals surface area contributed by atoms with Crippen molar-refractivity contribution in [1.82, 2.24) is 9.71 Å². The lowest BCUT2D eigenvalue weighted by Crippen LogP contribution is -2.47. The number of amides is 1. The molecular formula is C18H21N3O5S. The van der Waals surface area contributed by atoms with E-state index in [2.05, 4.69) is 15.0 Å². The first-order valence-electron chi connectivity index (χ1n) is 8.51. The summed E-state index contributed by atoms with van der Waals surface area (Å²) < 4.78 is 38.9. The topological polar surface area (TPSA) is 107 Å². The fourth-order valence-electron chi connectivity index (χ4n) is 2.56. The lowest BCUT2D eigenvalue weighted by molar-refractivity contribution is -0.118. The minimum atomic E-state index is -3.94. The van der Waals surface area contributed by atoms with E-state index in [4.69, 9.17) is 9.47 Å². The lowest BCUT2D eigenvalue weighted by Gasteiger charge is -2.22. The van der Waals surface area contributed by atoms with Crippen LogP contribution in [-0.4, -0.2) is 38.6 Å². The van der Waals surface area contributed by atoms with Crippen LogP contribution in [0.25, 0.3) is 0 Å². The third-order valence-electron chi connectivity index (χ3n) is 3.97. The van der Waals surface area contributed by atoms with Gasteiger partial charge in [-0.2, -0.15) is 4.72 Å². The summed E-state index contributed by atoms with van der Waals surface area (Å²) in [5, 5.41) is 2.63. The van der Waals surface area contributed by atoms with Gasteiger partial charge in [0.05, 0.1) is 4.90 Å². The predicted molar refractivity (Wildman–Crippen MR) is 99.2 cm³/mol. The van der Waals surface area contributed by atoms with Crippen molar-refractivity contribution in [2.75, 3.05) is 18.5 Å². The first-order valence-corrected chi connectivity index (χ1v) is 9.99. The first-order chi connectivity index (χ1) is 12.9. The SMILES string of the molecule is CC(C)[C@H](NS(=O)(=O)c1ccc2c(c1)OCCO2)C(=O)Nc1ccccn1. The largest absolute Gasteiger partial charge is 0.486 e. The molecule has 1 atom stereocenters. The van der Waals surface area contributed by atoms with Crippen LogP contribution in [0.3, 0.4) is 0 Å². The Morgan fingerprint density at radius 3 is 2.52 bits per heavy atom. The molecule has 1 aliphatic heterocycles. The van der Waals surface area contributed by atoms with Crippen LogP contribution in [0.1, 0.15) is 13.8 Å². The van der Waals surface area contributed by atoms with Gasteiger partial charge in [-0.1, -0.05) is 19.9 Å². The maximum Gasteiger partial charge on any atom is 0.243 e. The average Bonchev–Trinajstić information content (AvgIpc) is 2.66. The summed E-state index contributed by atoms with van der Waals surface area (Å²) in [5.41, 5.74) is 0. The average molecular weight is 391 g/mol. The van der Waals surface area contributed by atoms with Gasteiger partial charge in [0.2, 0.25) is 15.9 Å². The number of fused-ring (bicyclic) bond motifs is 1. The fourth-order valence-corrected chi connectivity index (χ4v) is 3.92. The van der Waals surface area contributed by atoms with E-state index >= 15 is 0 Å². The van der Waals surface area contributed by atoms with Crippen LogP contribution in [0.4, 0.5) is 5.82 Å². The molecule has 144 valence electrons. The summed E-state index contributed by atoms with van der Waals surface area (Å²) >= 11 is 0. The Hall–Kier alpha value is -2.65. The Morgan fingerprint density at radius 1 is 1.11 bits per heavy atom. The van der Waals surface area contributed by atoms with Crippen LogP contribution < -0.4 is 19.5 Å². The first kappa shape index (κ1) is 19.1. The molecule has 8 nitrogen and oxygen atoms in total. The van der Waals surface area contributed by atoms with Crippen molar-refractivity contribution in [1.29, 1.82) is 0 Å². The van der Waals surface area contributed by atoms with Crippen molar-refractivity contribution in [2.24, 2.45) is 5.92 Å². The number of ether oxygens (including phenoxy) is 2. The number of aromatic nitrogens is 1. The van der Waals surface area contributed by atoms with Gasteiger partial charge < -0.3 is 14.8 Å². The van der Waals surface area contributed by atoms with Gasteiger partial charge in [0.1, 0.15) is 25.1 Å². The highest BCUT2D eigenvalue weighted by atomic mass is 32.2. The molecule has 0 aliphatic carbocycles. The highest BCUT2D eigenvalue weighted by molar-refractivity contribution is 7.89. The van der Waals surface area contributed by atoms with Crippen LogP contribution in [0.5, 0.6) is 11.5 Å². The Labute approximate surface area is 158 Å². The van der Waals surface area contributed by atoms with Gasteiger partial charge in [0, 0.05) is 12.3 Å². The highest BCUT2D eigenvalue weighted by Gasteiger charge is 2.29. The van der Waals surface area contributed by atoms with Crippen LogP contribution in [0.2, 0.25) is 0 Å². The minimum absolute atomic E-state index is 0.00281. The van der Waals surface area contributed by atoms with E-state index in [1.54, 1.807) is 44.3 Å². The number of hydrogen-bond acceptors (Lipinski definition) is 6. The number of nitrogens with zero attached hydrogens (tertiary/aromatic N) is 1. The van der Waals surface area contributed by atoms with Crippen molar-refractivity contribution in [3.05, 3.63) is 42.6 Å². The molecular weight excluding hydrogens is 370 g/mol. The molecule has 0 unspecified atom stereocenters. The standard InChI is InChI=1S/C18H21N3O5S/c1-12(2)17(18(22)20-16-5-3-4-8-19-16)21-27(23,24)13-6-7-14-15(11-13)26-10-9-25-14/h3-8,11-12,17,21H,9-10H2,1-2H3,(H,19,20,22)/t17-/m0/s1. The van der Waals surface area contributed by atoms with Crippen LogP contribution in [0.15, 0.2) is 47.5 Å². The molecule has 3 rings (SSSR count).